The summed E-state index contributed by atoms with van der Waals surface area (Å²) in [6, 6.07) is -0.792. The van der Waals surface area contributed by atoms with E-state index in [0.29, 0.717) is 6.42 Å². The van der Waals surface area contributed by atoms with Crippen molar-refractivity contribution in [3.63, 3.8) is 0 Å². The fourth-order valence-corrected chi connectivity index (χ4v) is 4.74. The number of aliphatic hydroxyl groups excluding tert-OH is 5. The van der Waals surface area contributed by atoms with E-state index in [-0.39, 0.29) is 12.5 Å². The lowest BCUT2D eigenvalue weighted by Crippen LogP contribution is -2.60. The fourth-order valence-electron chi connectivity index (χ4n) is 4.74. The zero-order chi connectivity index (χ0) is 28.9. The number of hydrogen-bond acceptors (Lipinski definition) is 8. The first-order chi connectivity index (χ1) is 18.8. The van der Waals surface area contributed by atoms with Crippen molar-refractivity contribution in [3.8, 4) is 0 Å². The van der Waals surface area contributed by atoms with Gasteiger partial charge in [-0.3, -0.25) is 4.79 Å². The Morgan fingerprint density at radius 3 is 2.00 bits per heavy atom. The zero-order valence-corrected chi connectivity index (χ0v) is 24.4. The lowest BCUT2D eigenvalue weighted by atomic mass is 9.99. The number of rotatable bonds is 23. The Labute approximate surface area is 236 Å². The van der Waals surface area contributed by atoms with Crippen LogP contribution < -0.4 is 5.32 Å². The number of hydrogen-bond donors (Lipinski definition) is 6. The number of allylic oxidation sites excluding steroid dienone is 1. The van der Waals surface area contributed by atoms with Crippen LogP contribution in [0.4, 0.5) is 0 Å². The van der Waals surface area contributed by atoms with Crippen LogP contribution in [0.5, 0.6) is 0 Å². The zero-order valence-electron chi connectivity index (χ0n) is 24.4. The number of amides is 1. The van der Waals surface area contributed by atoms with Gasteiger partial charge in [0.25, 0.3) is 0 Å². The summed E-state index contributed by atoms with van der Waals surface area (Å²) in [5, 5.41) is 53.3. The lowest BCUT2D eigenvalue weighted by molar-refractivity contribution is -0.302. The standard InChI is InChI=1S/C30H57NO8/c1-3-5-7-9-11-12-14-15-17-19-24(33)23(31-26(34)20-18-16-13-10-8-6-4-2)22-38-30-29(37)28(36)27(35)25(21-32)39-30/h17,19,23-25,27-30,32-33,35-37H,3-16,18,20-22H2,1-2H3,(H,31,34)/b19-17+/t23-,24+,25+,27+,28?,29?,30+/m0/s1. The minimum Gasteiger partial charge on any atom is -0.394 e. The van der Waals surface area contributed by atoms with Gasteiger partial charge < -0.3 is 40.3 Å². The summed E-state index contributed by atoms with van der Waals surface area (Å²) in [4.78, 5) is 12.6. The van der Waals surface area contributed by atoms with Gasteiger partial charge in [0, 0.05) is 6.42 Å². The minimum absolute atomic E-state index is 0.186. The van der Waals surface area contributed by atoms with Crippen molar-refractivity contribution in [2.24, 2.45) is 0 Å². The van der Waals surface area contributed by atoms with E-state index in [4.69, 9.17) is 9.47 Å². The maximum atomic E-state index is 12.6. The van der Waals surface area contributed by atoms with Crippen molar-refractivity contribution in [2.45, 2.75) is 159 Å². The number of carbonyl (C=O) groups excluding carboxylic acids is 1. The Balaban J connectivity index is 2.60. The smallest absolute Gasteiger partial charge is 0.220 e. The molecule has 0 aromatic heterocycles. The maximum absolute atomic E-state index is 12.6. The predicted molar refractivity (Wildman–Crippen MR) is 152 cm³/mol. The van der Waals surface area contributed by atoms with E-state index in [1.54, 1.807) is 6.08 Å². The van der Waals surface area contributed by atoms with Gasteiger partial charge in [0.2, 0.25) is 5.91 Å². The van der Waals surface area contributed by atoms with E-state index >= 15 is 0 Å². The van der Waals surface area contributed by atoms with Crippen LogP contribution in [-0.2, 0) is 14.3 Å². The van der Waals surface area contributed by atoms with Crippen molar-refractivity contribution < 1.29 is 39.8 Å². The van der Waals surface area contributed by atoms with Gasteiger partial charge in [0.1, 0.15) is 24.4 Å². The number of carbonyl (C=O) groups is 1. The molecule has 0 aromatic carbocycles. The van der Waals surface area contributed by atoms with Crippen molar-refractivity contribution in [1.29, 1.82) is 0 Å². The highest BCUT2D eigenvalue weighted by Gasteiger charge is 2.44. The van der Waals surface area contributed by atoms with E-state index in [0.717, 1.165) is 38.5 Å². The second-order valence-electron chi connectivity index (χ2n) is 10.9. The van der Waals surface area contributed by atoms with Crippen molar-refractivity contribution in [3.05, 3.63) is 12.2 Å². The summed E-state index contributed by atoms with van der Waals surface area (Å²) in [5.74, 6) is -0.189. The van der Waals surface area contributed by atoms with Crippen molar-refractivity contribution >= 4 is 5.91 Å². The third-order valence-electron chi connectivity index (χ3n) is 7.36. The maximum Gasteiger partial charge on any atom is 0.220 e. The quantitative estimate of drug-likeness (QED) is 0.0823. The summed E-state index contributed by atoms with van der Waals surface area (Å²) in [5.41, 5.74) is 0. The molecule has 1 aliphatic rings. The van der Waals surface area contributed by atoms with Crippen LogP contribution in [0.25, 0.3) is 0 Å². The molecule has 0 bridgehead atoms. The number of aliphatic hydroxyl groups is 5. The van der Waals surface area contributed by atoms with E-state index < -0.39 is 49.5 Å². The molecule has 7 atom stereocenters. The summed E-state index contributed by atoms with van der Waals surface area (Å²) in [6.07, 6.45) is 12.8. The minimum atomic E-state index is -1.56. The largest absolute Gasteiger partial charge is 0.394 e. The van der Waals surface area contributed by atoms with Crippen LogP contribution in [0, 0.1) is 0 Å². The Morgan fingerprint density at radius 1 is 0.846 bits per heavy atom. The Hall–Kier alpha value is -1.07. The van der Waals surface area contributed by atoms with Gasteiger partial charge in [-0.25, -0.2) is 0 Å². The molecular weight excluding hydrogens is 502 g/mol. The van der Waals surface area contributed by atoms with Gasteiger partial charge in [-0.05, 0) is 19.3 Å². The molecular formula is C30H57NO8. The van der Waals surface area contributed by atoms with Gasteiger partial charge in [-0.15, -0.1) is 0 Å². The Bertz CT molecular complexity index is 632. The molecule has 0 aliphatic carbocycles. The molecule has 1 saturated heterocycles. The van der Waals surface area contributed by atoms with Crippen molar-refractivity contribution in [1.82, 2.24) is 5.32 Å². The molecule has 0 aromatic rings. The van der Waals surface area contributed by atoms with E-state index in [9.17, 15) is 30.3 Å². The van der Waals surface area contributed by atoms with Gasteiger partial charge >= 0.3 is 0 Å². The molecule has 1 rings (SSSR count). The molecule has 230 valence electrons. The predicted octanol–water partition coefficient (Wildman–Crippen LogP) is 3.49. The van der Waals surface area contributed by atoms with E-state index in [2.05, 4.69) is 19.2 Å². The van der Waals surface area contributed by atoms with E-state index in [1.165, 1.54) is 57.8 Å². The van der Waals surface area contributed by atoms with Crippen LogP contribution in [0.2, 0.25) is 0 Å². The van der Waals surface area contributed by atoms with Gasteiger partial charge in [-0.2, -0.15) is 0 Å². The average molecular weight is 560 g/mol. The first-order valence-corrected chi connectivity index (χ1v) is 15.4. The summed E-state index contributed by atoms with van der Waals surface area (Å²) in [6.45, 7) is 3.64. The van der Waals surface area contributed by atoms with Crippen LogP contribution in [0.1, 0.15) is 117 Å². The van der Waals surface area contributed by atoms with Crippen LogP contribution in [-0.4, -0.2) is 87.5 Å². The molecule has 1 aliphatic heterocycles. The molecule has 0 spiro atoms. The van der Waals surface area contributed by atoms with Crippen LogP contribution in [0.15, 0.2) is 12.2 Å². The third-order valence-corrected chi connectivity index (χ3v) is 7.36. The second kappa shape index (κ2) is 22.6. The fraction of sp³-hybridized carbons (Fsp3) is 0.900. The summed E-state index contributed by atoms with van der Waals surface area (Å²) < 4.78 is 11.0. The van der Waals surface area contributed by atoms with Crippen LogP contribution in [0.3, 0.4) is 0 Å². The SMILES string of the molecule is CCCCCCCCC/C=C/[C@@H](O)[C@H](CO[C@@H]1O[C@H](CO)[C@@H](O)C(O)C1O)NC(=O)CCCCCCCCC. The second-order valence-corrected chi connectivity index (χ2v) is 10.9. The van der Waals surface area contributed by atoms with Crippen LogP contribution >= 0.6 is 0 Å². The highest BCUT2D eigenvalue weighted by Crippen LogP contribution is 2.22. The monoisotopic (exact) mass is 559 g/mol. The molecule has 1 fully saturated rings. The lowest BCUT2D eigenvalue weighted by Gasteiger charge is -2.40. The highest BCUT2D eigenvalue weighted by molar-refractivity contribution is 5.76. The third kappa shape index (κ3) is 15.5. The van der Waals surface area contributed by atoms with Gasteiger partial charge in [0.15, 0.2) is 6.29 Å². The topological polar surface area (TPSA) is 149 Å². The first-order valence-electron chi connectivity index (χ1n) is 15.4. The molecule has 39 heavy (non-hydrogen) atoms. The van der Waals surface area contributed by atoms with Gasteiger partial charge in [-0.1, -0.05) is 103 Å². The average Bonchev–Trinajstić information content (AvgIpc) is 2.93. The number of nitrogens with one attached hydrogen (secondary N) is 1. The Morgan fingerprint density at radius 2 is 1.41 bits per heavy atom. The van der Waals surface area contributed by atoms with Crippen molar-refractivity contribution in [2.75, 3.05) is 13.2 Å². The summed E-state index contributed by atoms with van der Waals surface area (Å²) >= 11 is 0. The molecule has 0 saturated carbocycles. The molecule has 9 nitrogen and oxygen atoms in total. The molecule has 1 amide bonds. The molecule has 1 heterocycles. The normalized spacial score (nSPS) is 25.2. The number of unbranched alkanes of at least 4 members (excludes halogenated alkanes) is 13. The molecule has 2 unspecified atom stereocenters. The number of ether oxygens (including phenoxy) is 2. The van der Waals surface area contributed by atoms with E-state index in [1.807, 2.05) is 6.08 Å². The summed E-state index contributed by atoms with van der Waals surface area (Å²) in [7, 11) is 0. The van der Waals surface area contributed by atoms with Gasteiger partial charge in [0.05, 0.1) is 25.4 Å². The molecule has 6 N–H and O–H groups in total. The highest BCUT2D eigenvalue weighted by atomic mass is 16.7. The Kier molecular flexibility index (Phi) is 20.8. The first kappa shape index (κ1) is 36.0. The molecule has 9 heteroatoms. The molecule has 0 radical (unpaired) electrons.